The minimum absolute atomic E-state index is 0.0853. The van der Waals surface area contributed by atoms with Crippen LogP contribution in [0.25, 0.3) is 22.5 Å². The number of carbonyl (C=O) groups is 4. The molecule has 1 aromatic heterocycles. The molecule has 0 aliphatic rings. The molecular formula is C21H13NO7. The lowest BCUT2D eigenvalue weighted by molar-refractivity contribution is 0.0682. The summed E-state index contributed by atoms with van der Waals surface area (Å²) in [6.45, 7) is 0. The zero-order valence-electron chi connectivity index (χ0n) is 14.7. The lowest BCUT2D eigenvalue weighted by Gasteiger charge is -2.09. The summed E-state index contributed by atoms with van der Waals surface area (Å²) in [6, 6.07) is 12.5. The van der Waals surface area contributed by atoms with Gasteiger partial charge in [-0.25, -0.2) is 19.4 Å². The van der Waals surface area contributed by atoms with Crippen LogP contribution < -0.4 is 0 Å². The Bertz CT molecular complexity index is 1140. The number of carboxylic acids is 3. The van der Waals surface area contributed by atoms with Gasteiger partial charge in [-0.3, -0.25) is 4.79 Å². The van der Waals surface area contributed by atoms with Crippen molar-refractivity contribution in [3.8, 4) is 22.5 Å². The standard InChI is InChI=1S/C21H13NO7/c23-10-11-4-12(6-14(5-11)19(24)25)17-2-1-3-18(22-17)13-7-15(20(26)27)9-16(8-13)21(28)29/h1-10H,(H,24,25)(H,26,27)(H,28,29). The first kappa shape index (κ1) is 19.4. The maximum Gasteiger partial charge on any atom is 0.335 e. The average molecular weight is 391 g/mol. The second-order valence-corrected chi connectivity index (χ2v) is 6.08. The van der Waals surface area contributed by atoms with Gasteiger partial charge in [0.25, 0.3) is 0 Å². The fourth-order valence-electron chi connectivity index (χ4n) is 2.77. The molecule has 29 heavy (non-hydrogen) atoms. The molecule has 144 valence electrons. The molecule has 3 N–H and O–H groups in total. The lowest BCUT2D eigenvalue weighted by atomic mass is 10.0. The third kappa shape index (κ3) is 4.16. The molecule has 0 unspecified atom stereocenters. The molecule has 0 radical (unpaired) electrons. The highest BCUT2D eigenvalue weighted by Crippen LogP contribution is 2.26. The normalized spacial score (nSPS) is 10.3. The number of aromatic nitrogens is 1. The van der Waals surface area contributed by atoms with Gasteiger partial charge in [-0.15, -0.1) is 0 Å². The third-order valence-corrected chi connectivity index (χ3v) is 4.11. The van der Waals surface area contributed by atoms with Crippen molar-refractivity contribution in [2.45, 2.75) is 0 Å². The van der Waals surface area contributed by atoms with Crippen LogP contribution in [-0.4, -0.2) is 44.5 Å². The van der Waals surface area contributed by atoms with E-state index in [1.54, 1.807) is 18.2 Å². The molecule has 0 atom stereocenters. The SMILES string of the molecule is O=Cc1cc(C(=O)O)cc(-c2cccc(-c3cc(C(=O)O)cc(C(=O)O)c3)n2)c1. The number of aromatic carboxylic acids is 3. The predicted molar refractivity (Wildman–Crippen MR) is 101 cm³/mol. The number of benzene rings is 2. The Balaban J connectivity index is 2.15. The number of aldehydes is 1. The highest BCUT2D eigenvalue weighted by atomic mass is 16.4. The van der Waals surface area contributed by atoms with Crippen molar-refractivity contribution < 1.29 is 34.5 Å². The molecule has 0 bridgehead atoms. The van der Waals surface area contributed by atoms with E-state index in [-0.39, 0.29) is 27.8 Å². The van der Waals surface area contributed by atoms with Gasteiger partial charge in [0.2, 0.25) is 0 Å². The molecular weight excluding hydrogens is 378 g/mol. The summed E-state index contributed by atoms with van der Waals surface area (Å²) >= 11 is 0. The quantitative estimate of drug-likeness (QED) is 0.543. The number of carbonyl (C=O) groups excluding carboxylic acids is 1. The van der Waals surface area contributed by atoms with E-state index in [9.17, 15) is 34.5 Å². The van der Waals surface area contributed by atoms with Gasteiger partial charge in [0.05, 0.1) is 28.1 Å². The van der Waals surface area contributed by atoms with Crippen LogP contribution in [0.3, 0.4) is 0 Å². The summed E-state index contributed by atoms with van der Waals surface area (Å²) in [6.07, 6.45) is 0.523. The smallest absolute Gasteiger partial charge is 0.335 e. The first-order valence-electron chi connectivity index (χ1n) is 8.21. The summed E-state index contributed by atoms with van der Waals surface area (Å²) in [5.74, 6) is -3.77. The van der Waals surface area contributed by atoms with E-state index >= 15 is 0 Å². The van der Waals surface area contributed by atoms with Crippen molar-refractivity contribution in [3.05, 3.63) is 76.9 Å². The van der Waals surface area contributed by atoms with Gasteiger partial charge in [0, 0.05) is 16.7 Å². The highest BCUT2D eigenvalue weighted by molar-refractivity contribution is 5.96. The zero-order valence-corrected chi connectivity index (χ0v) is 14.7. The van der Waals surface area contributed by atoms with Crippen molar-refractivity contribution in [1.29, 1.82) is 0 Å². The van der Waals surface area contributed by atoms with Gasteiger partial charge in [-0.1, -0.05) is 6.07 Å². The van der Waals surface area contributed by atoms with Crippen LogP contribution in [0.15, 0.2) is 54.6 Å². The van der Waals surface area contributed by atoms with E-state index in [2.05, 4.69) is 4.98 Å². The van der Waals surface area contributed by atoms with E-state index in [4.69, 9.17) is 0 Å². The molecule has 0 saturated heterocycles. The number of hydrogen-bond donors (Lipinski definition) is 3. The van der Waals surface area contributed by atoms with Crippen molar-refractivity contribution in [1.82, 2.24) is 4.98 Å². The Morgan fingerprint density at radius 2 is 1.14 bits per heavy atom. The van der Waals surface area contributed by atoms with Gasteiger partial charge < -0.3 is 15.3 Å². The van der Waals surface area contributed by atoms with Gasteiger partial charge >= 0.3 is 17.9 Å². The Kier molecular flexibility index (Phi) is 5.18. The van der Waals surface area contributed by atoms with Crippen LogP contribution in [0.5, 0.6) is 0 Å². The van der Waals surface area contributed by atoms with Gasteiger partial charge in [0.15, 0.2) is 0 Å². The van der Waals surface area contributed by atoms with Crippen molar-refractivity contribution in [2.75, 3.05) is 0 Å². The molecule has 2 aromatic carbocycles. The molecule has 0 aliphatic carbocycles. The van der Waals surface area contributed by atoms with Gasteiger partial charge in [0.1, 0.15) is 6.29 Å². The molecule has 0 fully saturated rings. The van der Waals surface area contributed by atoms with Crippen molar-refractivity contribution >= 4 is 24.2 Å². The van der Waals surface area contributed by atoms with Crippen LogP contribution in [0.1, 0.15) is 41.4 Å². The maximum absolute atomic E-state index is 11.3. The fraction of sp³-hybridized carbons (Fsp3) is 0. The number of rotatable bonds is 6. The number of nitrogens with zero attached hydrogens (tertiary/aromatic N) is 1. The van der Waals surface area contributed by atoms with Crippen molar-refractivity contribution in [3.63, 3.8) is 0 Å². The van der Waals surface area contributed by atoms with Crippen LogP contribution in [0.4, 0.5) is 0 Å². The van der Waals surface area contributed by atoms with Crippen LogP contribution in [-0.2, 0) is 0 Å². The van der Waals surface area contributed by atoms with Gasteiger partial charge in [-0.05, 0) is 48.5 Å². The van der Waals surface area contributed by atoms with Crippen molar-refractivity contribution in [2.24, 2.45) is 0 Å². The van der Waals surface area contributed by atoms with E-state index < -0.39 is 17.9 Å². The van der Waals surface area contributed by atoms with E-state index in [0.29, 0.717) is 23.2 Å². The topological polar surface area (TPSA) is 142 Å². The number of carboxylic acid groups (broad SMARTS) is 3. The summed E-state index contributed by atoms with van der Waals surface area (Å²) in [5, 5.41) is 27.7. The Morgan fingerprint density at radius 3 is 1.59 bits per heavy atom. The summed E-state index contributed by atoms with van der Waals surface area (Å²) in [5.41, 5.74) is 0.945. The van der Waals surface area contributed by atoms with E-state index in [1.807, 2.05) is 0 Å². The molecule has 0 saturated carbocycles. The minimum atomic E-state index is -1.28. The molecule has 0 aliphatic heterocycles. The number of hydrogen-bond acceptors (Lipinski definition) is 5. The molecule has 8 nitrogen and oxygen atoms in total. The predicted octanol–water partition coefficient (Wildman–Crippen LogP) is 3.32. The Morgan fingerprint density at radius 1 is 0.690 bits per heavy atom. The second-order valence-electron chi connectivity index (χ2n) is 6.08. The van der Waals surface area contributed by atoms with E-state index in [1.165, 1.54) is 30.3 Å². The molecule has 0 amide bonds. The summed E-state index contributed by atoms with van der Waals surface area (Å²) in [7, 11) is 0. The first-order chi connectivity index (χ1) is 13.8. The molecule has 1 heterocycles. The van der Waals surface area contributed by atoms with E-state index in [0.717, 1.165) is 6.07 Å². The zero-order chi connectivity index (χ0) is 21.1. The third-order valence-electron chi connectivity index (χ3n) is 4.11. The van der Waals surface area contributed by atoms with Crippen LogP contribution >= 0.6 is 0 Å². The van der Waals surface area contributed by atoms with Crippen LogP contribution in [0, 0.1) is 0 Å². The summed E-state index contributed by atoms with van der Waals surface area (Å²) < 4.78 is 0. The Hall–Kier alpha value is -4.33. The first-order valence-corrected chi connectivity index (χ1v) is 8.21. The van der Waals surface area contributed by atoms with Gasteiger partial charge in [-0.2, -0.15) is 0 Å². The highest BCUT2D eigenvalue weighted by Gasteiger charge is 2.14. The fourth-order valence-corrected chi connectivity index (χ4v) is 2.77. The molecule has 8 heteroatoms. The second kappa shape index (κ2) is 7.73. The summed E-state index contributed by atoms with van der Waals surface area (Å²) in [4.78, 5) is 49.5. The van der Waals surface area contributed by atoms with Crippen LogP contribution in [0.2, 0.25) is 0 Å². The average Bonchev–Trinajstić information content (AvgIpc) is 2.72. The largest absolute Gasteiger partial charge is 0.478 e. The minimum Gasteiger partial charge on any atom is -0.478 e. The number of pyridine rings is 1. The molecule has 0 spiro atoms. The molecule has 3 aromatic rings. The Labute approximate surface area is 163 Å². The monoisotopic (exact) mass is 391 g/mol. The maximum atomic E-state index is 11.3. The molecule has 3 rings (SSSR count). The lowest BCUT2D eigenvalue weighted by Crippen LogP contribution is -2.03.